The molecular weight excluding hydrogens is 312 g/mol. The molecule has 0 saturated heterocycles. The summed E-state index contributed by atoms with van der Waals surface area (Å²) in [5, 5.41) is 1.15. The van der Waals surface area contributed by atoms with Crippen molar-refractivity contribution >= 4 is 16.9 Å². The van der Waals surface area contributed by atoms with E-state index in [9.17, 15) is 4.79 Å². The van der Waals surface area contributed by atoms with Gasteiger partial charge in [0, 0.05) is 17.8 Å². The summed E-state index contributed by atoms with van der Waals surface area (Å²) < 4.78 is 6.86. The Labute approximate surface area is 145 Å². The molecule has 0 N–H and O–H groups in total. The quantitative estimate of drug-likeness (QED) is 0.521. The van der Waals surface area contributed by atoms with Crippen LogP contribution >= 0.6 is 0 Å². The zero-order valence-electron chi connectivity index (χ0n) is 13.7. The maximum absolute atomic E-state index is 11.5. The van der Waals surface area contributed by atoms with Gasteiger partial charge in [0.15, 0.2) is 0 Å². The minimum atomic E-state index is -0.324. The topological polar surface area (TPSA) is 44.1 Å². The van der Waals surface area contributed by atoms with E-state index in [1.807, 2.05) is 36.7 Å². The van der Waals surface area contributed by atoms with Crippen molar-refractivity contribution in [2.75, 3.05) is 7.11 Å². The highest BCUT2D eigenvalue weighted by molar-refractivity contribution is 5.91. The second-order valence-corrected chi connectivity index (χ2v) is 5.74. The molecule has 2 aromatic carbocycles. The molecule has 122 valence electrons. The molecule has 0 unspecified atom stereocenters. The van der Waals surface area contributed by atoms with Crippen molar-refractivity contribution in [1.29, 1.82) is 0 Å². The summed E-state index contributed by atoms with van der Waals surface area (Å²) >= 11 is 0. The molecule has 0 bridgehead atoms. The number of hydrogen-bond donors (Lipinski definition) is 0. The van der Waals surface area contributed by atoms with Crippen LogP contribution in [-0.2, 0) is 4.74 Å². The van der Waals surface area contributed by atoms with Crippen molar-refractivity contribution < 1.29 is 9.53 Å². The van der Waals surface area contributed by atoms with Crippen molar-refractivity contribution in [3.05, 3.63) is 84.8 Å². The fourth-order valence-electron chi connectivity index (χ4n) is 2.96. The van der Waals surface area contributed by atoms with Crippen LogP contribution in [0.4, 0.5) is 0 Å². The third-order valence-electron chi connectivity index (χ3n) is 4.25. The molecule has 0 saturated carbocycles. The first-order valence-corrected chi connectivity index (χ1v) is 7.96. The standard InChI is InChI=1S/C21H16N2O2/c1-25-21(24)16-6-4-15(5-7-16)17-8-9-20-18(13-17)10-12-23(20)19-3-2-11-22-14-19/h2-14H,1H3. The number of nitrogens with zero attached hydrogens (tertiary/aromatic N) is 2. The van der Waals surface area contributed by atoms with Gasteiger partial charge in [0.25, 0.3) is 0 Å². The van der Waals surface area contributed by atoms with E-state index in [0.29, 0.717) is 5.56 Å². The molecule has 4 nitrogen and oxygen atoms in total. The third-order valence-corrected chi connectivity index (χ3v) is 4.25. The molecule has 4 rings (SSSR count). The maximum atomic E-state index is 11.5. The zero-order valence-corrected chi connectivity index (χ0v) is 13.7. The SMILES string of the molecule is COC(=O)c1ccc(-c2ccc3c(ccn3-c3cccnc3)c2)cc1. The van der Waals surface area contributed by atoms with E-state index in [0.717, 1.165) is 27.7 Å². The van der Waals surface area contributed by atoms with E-state index in [2.05, 4.69) is 33.8 Å². The predicted octanol–water partition coefficient (Wildman–Crippen LogP) is 4.48. The lowest BCUT2D eigenvalue weighted by atomic mass is 10.0. The summed E-state index contributed by atoms with van der Waals surface area (Å²) in [6.07, 6.45) is 5.66. The Morgan fingerprint density at radius 1 is 1.00 bits per heavy atom. The summed E-state index contributed by atoms with van der Waals surface area (Å²) in [5.74, 6) is -0.324. The van der Waals surface area contributed by atoms with Crippen molar-refractivity contribution in [3.63, 3.8) is 0 Å². The van der Waals surface area contributed by atoms with Crippen LogP contribution in [0.3, 0.4) is 0 Å². The van der Waals surface area contributed by atoms with Crippen LogP contribution in [0.25, 0.3) is 27.7 Å². The minimum Gasteiger partial charge on any atom is -0.465 e. The minimum absolute atomic E-state index is 0.324. The van der Waals surface area contributed by atoms with Gasteiger partial charge < -0.3 is 9.30 Å². The molecule has 0 radical (unpaired) electrons. The molecule has 0 atom stereocenters. The molecule has 4 heteroatoms. The fraction of sp³-hybridized carbons (Fsp3) is 0.0476. The van der Waals surface area contributed by atoms with Gasteiger partial charge in [-0.15, -0.1) is 0 Å². The summed E-state index contributed by atoms with van der Waals surface area (Å²) in [4.78, 5) is 15.7. The Hall–Kier alpha value is -3.40. The van der Waals surface area contributed by atoms with Gasteiger partial charge in [-0.1, -0.05) is 18.2 Å². The van der Waals surface area contributed by atoms with Crippen LogP contribution in [0.15, 0.2) is 79.3 Å². The van der Waals surface area contributed by atoms with Gasteiger partial charge in [-0.2, -0.15) is 0 Å². The highest BCUT2D eigenvalue weighted by Gasteiger charge is 2.08. The van der Waals surface area contributed by atoms with Gasteiger partial charge in [-0.25, -0.2) is 4.79 Å². The van der Waals surface area contributed by atoms with E-state index < -0.39 is 0 Å². The van der Waals surface area contributed by atoms with Gasteiger partial charge in [0.1, 0.15) is 0 Å². The first kappa shape index (κ1) is 15.1. The van der Waals surface area contributed by atoms with E-state index in [-0.39, 0.29) is 5.97 Å². The Kier molecular flexibility index (Phi) is 3.78. The molecule has 2 heterocycles. The number of pyridine rings is 1. The fourth-order valence-corrected chi connectivity index (χ4v) is 2.96. The predicted molar refractivity (Wildman–Crippen MR) is 97.8 cm³/mol. The average Bonchev–Trinajstić information content (AvgIpc) is 3.11. The molecule has 25 heavy (non-hydrogen) atoms. The lowest BCUT2D eigenvalue weighted by Gasteiger charge is -2.07. The first-order valence-electron chi connectivity index (χ1n) is 7.96. The Morgan fingerprint density at radius 3 is 2.52 bits per heavy atom. The van der Waals surface area contributed by atoms with Crippen molar-refractivity contribution in [2.45, 2.75) is 0 Å². The van der Waals surface area contributed by atoms with E-state index in [1.54, 1.807) is 18.3 Å². The second-order valence-electron chi connectivity index (χ2n) is 5.74. The number of aromatic nitrogens is 2. The van der Waals surface area contributed by atoms with Gasteiger partial charge in [-0.05, 0) is 53.6 Å². The summed E-state index contributed by atoms with van der Waals surface area (Å²) in [5.41, 5.74) is 4.88. The maximum Gasteiger partial charge on any atom is 0.337 e. The number of ether oxygens (including phenoxy) is 1. The average molecular weight is 328 g/mol. The van der Waals surface area contributed by atoms with E-state index in [4.69, 9.17) is 4.74 Å². The number of benzene rings is 2. The number of rotatable bonds is 3. The van der Waals surface area contributed by atoms with Crippen LogP contribution in [0.1, 0.15) is 10.4 Å². The lowest BCUT2D eigenvalue weighted by molar-refractivity contribution is 0.0601. The van der Waals surface area contributed by atoms with Crippen LogP contribution in [0, 0.1) is 0 Å². The molecule has 0 spiro atoms. The summed E-state index contributed by atoms with van der Waals surface area (Å²) in [6.45, 7) is 0. The van der Waals surface area contributed by atoms with E-state index >= 15 is 0 Å². The molecular formula is C21H16N2O2. The van der Waals surface area contributed by atoms with Gasteiger partial charge in [0.2, 0.25) is 0 Å². The molecule has 0 amide bonds. The van der Waals surface area contributed by atoms with Crippen molar-refractivity contribution in [3.8, 4) is 16.8 Å². The Bertz CT molecular complexity index is 1030. The van der Waals surface area contributed by atoms with Crippen LogP contribution in [0.2, 0.25) is 0 Å². The second kappa shape index (κ2) is 6.24. The smallest absolute Gasteiger partial charge is 0.337 e. The largest absolute Gasteiger partial charge is 0.465 e. The Morgan fingerprint density at radius 2 is 1.80 bits per heavy atom. The normalized spacial score (nSPS) is 10.8. The van der Waals surface area contributed by atoms with E-state index in [1.165, 1.54) is 7.11 Å². The first-order chi connectivity index (χ1) is 12.3. The molecule has 2 aromatic heterocycles. The number of methoxy groups -OCH3 is 1. The highest BCUT2D eigenvalue weighted by atomic mass is 16.5. The molecule has 0 aliphatic carbocycles. The number of hydrogen-bond acceptors (Lipinski definition) is 3. The van der Waals surface area contributed by atoms with Crippen LogP contribution in [0.5, 0.6) is 0 Å². The number of carbonyl (C=O) groups is 1. The van der Waals surface area contributed by atoms with Gasteiger partial charge >= 0.3 is 5.97 Å². The number of esters is 1. The number of fused-ring (bicyclic) bond motifs is 1. The van der Waals surface area contributed by atoms with Crippen molar-refractivity contribution in [2.24, 2.45) is 0 Å². The molecule has 4 aromatic rings. The highest BCUT2D eigenvalue weighted by Crippen LogP contribution is 2.27. The molecule has 0 aliphatic heterocycles. The molecule has 0 fully saturated rings. The molecule has 0 aliphatic rings. The van der Waals surface area contributed by atoms with Gasteiger partial charge in [-0.3, -0.25) is 4.98 Å². The van der Waals surface area contributed by atoms with Crippen LogP contribution in [-0.4, -0.2) is 22.6 Å². The summed E-state index contributed by atoms with van der Waals surface area (Å²) in [6, 6.07) is 19.8. The zero-order chi connectivity index (χ0) is 17.2. The monoisotopic (exact) mass is 328 g/mol. The Balaban J connectivity index is 1.72. The van der Waals surface area contributed by atoms with Crippen molar-refractivity contribution in [1.82, 2.24) is 9.55 Å². The number of carbonyl (C=O) groups excluding carboxylic acids is 1. The van der Waals surface area contributed by atoms with Crippen LogP contribution < -0.4 is 0 Å². The lowest BCUT2D eigenvalue weighted by Crippen LogP contribution is -2.00. The third kappa shape index (κ3) is 2.78. The summed E-state index contributed by atoms with van der Waals surface area (Å²) in [7, 11) is 1.39. The van der Waals surface area contributed by atoms with Gasteiger partial charge in [0.05, 0.1) is 30.1 Å².